The molecule has 170 valence electrons. The highest BCUT2D eigenvalue weighted by Gasteiger charge is 2.31. The molecule has 0 saturated carbocycles. The molecule has 0 aliphatic carbocycles. The highest BCUT2D eigenvalue weighted by atomic mass is 19.1. The third-order valence-electron chi connectivity index (χ3n) is 4.88. The Balaban J connectivity index is 1.67. The molecule has 1 aliphatic heterocycles. The molecular formula is C22H17F3N4O4. The molecule has 3 atom stereocenters. The van der Waals surface area contributed by atoms with Gasteiger partial charge in [-0.2, -0.15) is 0 Å². The van der Waals surface area contributed by atoms with Crippen molar-refractivity contribution in [1.82, 2.24) is 9.97 Å². The Morgan fingerprint density at radius 3 is 2.48 bits per heavy atom. The summed E-state index contributed by atoms with van der Waals surface area (Å²) in [5.41, 5.74) is 4.38. The number of hydrogen-bond donors (Lipinski definition) is 4. The number of carbonyl (C=O) groups excluding carboxylic acids is 1. The Hall–Kier alpha value is -3.80. The smallest absolute Gasteiger partial charge is 0.274 e. The Labute approximate surface area is 185 Å². The number of nitrogens with zero attached hydrogens (tertiary/aromatic N) is 2. The fourth-order valence-corrected chi connectivity index (χ4v) is 3.22. The molecule has 4 rings (SSSR count). The molecule has 11 heteroatoms. The van der Waals surface area contributed by atoms with Crippen LogP contribution in [0.5, 0.6) is 0 Å². The molecular weight excluding hydrogens is 441 g/mol. The van der Waals surface area contributed by atoms with Crippen LogP contribution in [0.4, 0.5) is 18.9 Å². The maximum atomic E-state index is 14.3. The van der Waals surface area contributed by atoms with Crippen LogP contribution in [0, 0.1) is 17.5 Å². The van der Waals surface area contributed by atoms with Crippen LogP contribution in [0.2, 0.25) is 0 Å². The Kier molecular flexibility index (Phi) is 6.09. The molecule has 0 unspecified atom stereocenters. The summed E-state index contributed by atoms with van der Waals surface area (Å²) >= 11 is 0. The van der Waals surface area contributed by atoms with E-state index in [1.54, 1.807) is 0 Å². The predicted octanol–water partition coefficient (Wildman–Crippen LogP) is 2.19. The van der Waals surface area contributed by atoms with Crippen molar-refractivity contribution in [2.75, 3.05) is 5.32 Å². The highest BCUT2D eigenvalue weighted by Crippen LogP contribution is 2.30. The lowest BCUT2D eigenvalue weighted by molar-refractivity contribution is -0.0507. The lowest BCUT2D eigenvalue weighted by Gasteiger charge is -2.30. The number of pyridine rings is 2. The van der Waals surface area contributed by atoms with E-state index in [4.69, 9.17) is 10.5 Å². The number of ether oxygens (including phenoxy) is 1. The van der Waals surface area contributed by atoms with E-state index in [0.717, 1.165) is 30.3 Å². The van der Waals surface area contributed by atoms with Gasteiger partial charge in [-0.3, -0.25) is 15.5 Å². The number of anilines is 1. The zero-order valence-electron chi connectivity index (χ0n) is 16.7. The van der Waals surface area contributed by atoms with Gasteiger partial charge in [-0.1, -0.05) is 6.07 Å². The van der Waals surface area contributed by atoms with E-state index in [1.165, 1.54) is 24.5 Å². The van der Waals surface area contributed by atoms with Crippen molar-refractivity contribution in [1.29, 1.82) is 0 Å². The third-order valence-corrected chi connectivity index (χ3v) is 4.88. The molecule has 8 nitrogen and oxygen atoms in total. The topological polar surface area (TPSA) is 131 Å². The van der Waals surface area contributed by atoms with Crippen molar-refractivity contribution in [3.63, 3.8) is 0 Å². The molecule has 1 aromatic carbocycles. The number of aliphatic hydroxyl groups is 2. The molecule has 3 heterocycles. The van der Waals surface area contributed by atoms with E-state index in [2.05, 4.69) is 15.3 Å². The number of aliphatic hydroxyl groups excluding tert-OH is 2. The first-order valence-electron chi connectivity index (χ1n) is 9.63. The lowest BCUT2D eigenvalue weighted by Crippen LogP contribution is -2.46. The SMILES string of the molecule is N[C@H]1OC(c2ccncc2NC(=O)c2ccc(F)c(-c3c(F)cccc3F)n2)=C[C@@H](O)[C@@H]1O. The first-order chi connectivity index (χ1) is 15.8. The van der Waals surface area contributed by atoms with E-state index < -0.39 is 53.1 Å². The summed E-state index contributed by atoms with van der Waals surface area (Å²) < 4.78 is 47.9. The zero-order valence-corrected chi connectivity index (χ0v) is 16.7. The van der Waals surface area contributed by atoms with Crippen molar-refractivity contribution in [2.45, 2.75) is 18.4 Å². The number of aromatic nitrogens is 2. The molecule has 0 radical (unpaired) electrons. The second-order valence-electron chi connectivity index (χ2n) is 7.09. The Morgan fingerprint density at radius 1 is 1.06 bits per heavy atom. The second-order valence-corrected chi connectivity index (χ2v) is 7.09. The van der Waals surface area contributed by atoms with Crippen molar-refractivity contribution < 1.29 is 32.9 Å². The van der Waals surface area contributed by atoms with E-state index in [1.807, 2.05) is 0 Å². The minimum absolute atomic E-state index is 0.0826. The summed E-state index contributed by atoms with van der Waals surface area (Å²) in [4.78, 5) is 20.5. The molecule has 5 N–H and O–H groups in total. The number of rotatable bonds is 4. The molecule has 0 saturated heterocycles. The molecule has 0 fully saturated rings. The highest BCUT2D eigenvalue weighted by molar-refractivity contribution is 6.04. The van der Waals surface area contributed by atoms with E-state index >= 15 is 0 Å². The van der Waals surface area contributed by atoms with Crippen LogP contribution >= 0.6 is 0 Å². The summed E-state index contributed by atoms with van der Waals surface area (Å²) in [5, 5.41) is 22.2. The molecule has 3 aromatic rings. The number of nitrogens with one attached hydrogen (secondary N) is 1. The fraction of sp³-hybridized carbons (Fsp3) is 0.136. The third kappa shape index (κ3) is 4.42. The predicted molar refractivity (Wildman–Crippen MR) is 111 cm³/mol. The standard InChI is InChI=1S/C22H17F3N4O4/c23-11-2-1-3-12(24)18(11)19-13(25)4-5-14(28-19)22(32)29-15-9-27-7-6-10(15)17-8-16(30)20(31)21(26)33-17/h1-9,16,20-21,30-31H,26H2,(H,29,32)/t16-,20+,21+/m1/s1. The van der Waals surface area contributed by atoms with Gasteiger partial charge in [0.15, 0.2) is 6.23 Å². The van der Waals surface area contributed by atoms with Crippen LogP contribution in [0.3, 0.4) is 0 Å². The molecule has 1 amide bonds. The fourth-order valence-electron chi connectivity index (χ4n) is 3.22. The number of halogens is 3. The summed E-state index contributed by atoms with van der Waals surface area (Å²) in [6.07, 6.45) is 0.0310. The van der Waals surface area contributed by atoms with E-state index in [9.17, 15) is 28.2 Å². The van der Waals surface area contributed by atoms with Gasteiger partial charge in [-0.25, -0.2) is 18.2 Å². The second kappa shape index (κ2) is 8.98. The molecule has 1 aliphatic rings. The number of amides is 1. The van der Waals surface area contributed by atoms with Gasteiger partial charge in [0.1, 0.15) is 46.8 Å². The maximum Gasteiger partial charge on any atom is 0.274 e. The van der Waals surface area contributed by atoms with Gasteiger partial charge in [-0.05, 0) is 36.4 Å². The number of nitrogens with two attached hydrogens (primary N) is 1. The van der Waals surface area contributed by atoms with Gasteiger partial charge in [0.05, 0.1) is 17.4 Å². The maximum absolute atomic E-state index is 14.3. The first-order valence-corrected chi connectivity index (χ1v) is 9.63. The zero-order chi connectivity index (χ0) is 23.7. The van der Waals surface area contributed by atoms with Crippen LogP contribution in [0.1, 0.15) is 16.1 Å². The summed E-state index contributed by atoms with van der Waals surface area (Å²) in [7, 11) is 0. The Bertz CT molecular complexity index is 1230. The van der Waals surface area contributed by atoms with E-state index in [-0.39, 0.29) is 22.7 Å². The van der Waals surface area contributed by atoms with Crippen LogP contribution in [-0.4, -0.2) is 44.5 Å². The summed E-state index contributed by atoms with van der Waals surface area (Å²) in [6.45, 7) is 0. The molecule has 2 aromatic heterocycles. The summed E-state index contributed by atoms with van der Waals surface area (Å²) in [5.74, 6) is -3.83. The van der Waals surface area contributed by atoms with Crippen LogP contribution in [0.15, 0.2) is 54.9 Å². The van der Waals surface area contributed by atoms with Crippen molar-refractivity contribution in [3.05, 3.63) is 83.6 Å². The Morgan fingerprint density at radius 2 is 1.79 bits per heavy atom. The molecule has 0 bridgehead atoms. The van der Waals surface area contributed by atoms with Crippen molar-refractivity contribution >= 4 is 17.4 Å². The largest absolute Gasteiger partial charge is 0.472 e. The molecule has 33 heavy (non-hydrogen) atoms. The van der Waals surface area contributed by atoms with Crippen molar-refractivity contribution in [2.24, 2.45) is 5.73 Å². The van der Waals surface area contributed by atoms with Gasteiger partial charge < -0.3 is 20.3 Å². The minimum Gasteiger partial charge on any atom is -0.472 e. The average Bonchev–Trinajstić information content (AvgIpc) is 2.78. The van der Waals surface area contributed by atoms with Gasteiger partial charge in [0.25, 0.3) is 5.91 Å². The van der Waals surface area contributed by atoms with Crippen LogP contribution < -0.4 is 11.1 Å². The van der Waals surface area contributed by atoms with Crippen LogP contribution in [0.25, 0.3) is 17.0 Å². The average molecular weight is 458 g/mol. The van der Waals surface area contributed by atoms with Crippen molar-refractivity contribution in [3.8, 4) is 11.3 Å². The van der Waals surface area contributed by atoms with Crippen LogP contribution in [-0.2, 0) is 4.74 Å². The minimum atomic E-state index is -1.34. The quantitative estimate of drug-likeness (QED) is 0.472. The van der Waals surface area contributed by atoms with E-state index in [0.29, 0.717) is 0 Å². The monoisotopic (exact) mass is 458 g/mol. The van der Waals surface area contributed by atoms with Gasteiger partial charge in [0.2, 0.25) is 0 Å². The van der Waals surface area contributed by atoms with Gasteiger partial charge in [-0.15, -0.1) is 0 Å². The number of benzene rings is 1. The molecule has 0 spiro atoms. The number of hydrogen-bond acceptors (Lipinski definition) is 7. The normalized spacial score (nSPS) is 20.1. The number of carbonyl (C=O) groups is 1. The first kappa shape index (κ1) is 22.4. The lowest BCUT2D eigenvalue weighted by atomic mass is 10.0. The summed E-state index contributed by atoms with van der Waals surface area (Å²) in [6, 6.07) is 6.41. The van der Waals surface area contributed by atoms with Gasteiger partial charge in [0, 0.05) is 11.8 Å². The van der Waals surface area contributed by atoms with Gasteiger partial charge >= 0.3 is 0 Å².